The van der Waals surface area contributed by atoms with Crippen molar-refractivity contribution in [2.45, 2.75) is 13.3 Å². The van der Waals surface area contributed by atoms with E-state index in [4.69, 9.17) is 0 Å². The molecule has 21 heavy (non-hydrogen) atoms. The Bertz CT molecular complexity index is 654. The summed E-state index contributed by atoms with van der Waals surface area (Å²) < 4.78 is 1.92. The summed E-state index contributed by atoms with van der Waals surface area (Å²) in [6.07, 6.45) is 5.89. The maximum Gasteiger partial charge on any atom is 0.245 e. The summed E-state index contributed by atoms with van der Waals surface area (Å²) in [4.78, 5) is 11.7. The number of aromatic nitrogens is 1. The number of nitrogens with one attached hydrogen (secondary N) is 1. The van der Waals surface area contributed by atoms with Gasteiger partial charge in [0, 0.05) is 18.9 Å². The minimum atomic E-state index is -0.124. The van der Waals surface area contributed by atoms with Crippen molar-refractivity contribution < 1.29 is 4.79 Å². The number of hydrazone groups is 1. The van der Waals surface area contributed by atoms with Gasteiger partial charge in [-0.2, -0.15) is 5.10 Å². The van der Waals surface area contributed by atoms with E-state index in [2.05, 4.69) is 10.5 Å². The van der Waals surface area contributed by atoms with E-state index >= 15 is 0 Å². The molecule has 0 spiro atoms. The zero-order valence-corrected chi connectivity index (χ0v) is 12.3. The maximum absolute atomic E-state index is 11.7. The Morgan fingerprint density at radius 2 is 2.00 bits per heavy atom. The normalized spacial score (nSPS) is 11.8. The van der Waals surface area contributed by atoms with E-state index in [1.807, 2.05) is 73.3 Å². The molecule has 0 unspecified atom stereocenters. The van der Waals surface area contributed by atoms with Gasteiger partial charge >= 0.3 is 0 Å². The fourth-order valence-electron chi connectivity index (χ4n) is 1.94. The van der Waals surface area contributed by atoms with Crippen LogP contribution >= 0.6 is 0 Å². The Balaban J connectivity index is 1.86. The quantitative estimate of drug-likeness (QED) is 0.665. The van der Waals surface area contributed by atoms with Crippen LogP contribution in [0.4, 0.5) is 0 Å². The van der Waals surface area contributed by atoms with Crippen LogP contribution in [-0.2, 0) is 18.3 Å². The fourth-order valence-corrected chi connectivity index (χ4v) is 1.94. The second-order valence-electron chi connectivity index (χ2n) is 4.88. The molecule has 1 N–H and O–H groups in total. The van der Waals surface area contributed by atoms with Gasteiger partial charge in [0.1, 0.15) is 0 Å². The molecule has 0 aliphatic heterocycles. The predicted octanol–water partition coefficient (Wildman–Crippen LogP) is 2.77. The number of hydrogen-bond acceptors (Lipinski definition) is 2. The molecule has 0 aliphatic carbocycles. The minimum absolute atomic E-state index is 0.124. The summed E-state index contributed by atoms with van der Waals surface area (Å²) in [6.45, 7) is 1.94. The molecule has 2 aromatic rings. The summed E-state index contributed by atoms with van der Waals surface area (Å²) in [5.74, 6) is -0.124. The van der Waals surface area contributed by atoms with Crippen LogP contribution in [0.5, 0.6) is 0 Å². The van der Waals surface area contributed by atoms with E-state index in [0.29, 0.717) is 6.42 Å². The molecule has 108 valence electrons. The molecule has 2 rings (SSSR count). The largest absolute Gasteiger partial charge is 0.354 e. The summed E-state index contributed by atoms with van der Waals surface area (Å²) in [6, 6.07) is 13.8. The minimum Gasteiger partial charge on any atom is -0.354 e. The third-order valence-electron chi connectivity index (χ3n) is 3.04. The van der Waals surface area contributed by atoms with Gasteiger partial charge in [-0.25, -0.2) is 5.43 Å². The second kappa shape index (κ2) is 7.24. The number of nitrogens with zero attached hydrogens (tertiary/aromatic N) is 2. The van der Waals surface area contributed by atoms with E-state index in [0.717, 1.165) is 16.8 Å². The van der Waals surface area contributed by atoms with Crippen molar-refractivity contribution >= 4 is 18.2 Å². The lowest BCUT2D eigenvalue weighted by Crippen LogP contribution is -2.20. The first kappa shape index (κ1) is 14.8. The molecule has 1 heterocycles. The first-order valence-electron chi connectivity index (χ1n) is 6.80. The lowest BCUT2D eigenvalue weighted by Gasteiger charge is -2.02. The highest BCUT2D eigenvalue weighted by molar-refractivity contribution is 5.86. The average Bonchev–Trinajstić information content (AvgIpc) is 2.85. The summed E-state index contributed by atoms with van der Waals surface area (Å²) >= 11 is 0. The Kier molecular flexibility index (Phi) is 5.10. The molecule has 0 radical (unpaired) electrons. The van der Waals surface area contributed by atoms with E-state index in [-0.39, 0.29) is 5.91 Å². The van der Waals surface area contributed by atoms with Crippen LogP contribution in [0.3, 0.4) is 0 Å². The number of carbonyl (C=O) groups excluding carboxylic acids is 1. The second-order valence-corrected chi connectivity index (χ2v) is 4.88. The number of aryl methyl sites for hydroxylation is 1. The molecular formula is C17H19N3O. The predicted molar refractivity (Wildman–Crippen MR) is 85.8 cm³/mol. The van der Waals surface area contributed by atoms with Crippen molar-refractivity contribution in [1.82, 2.24) is 9.99 Å². The van der Waals surface area contributed by atoms with E-state index < -0.39 is 0 Å². The fraction of sp³-hybridized carbons (Fsp3) is 0.176. The van der Waals surface area contributed by atoms with Crippen LogP contribution in [0.2, 0.25) is 0 Å². The van der Waals surface area contributed by atoms with Crippen LogP contribution in [0.15, 0.2) is 59.3 Å². The third kappa shape index (κ3) is 4.76. The molecule has 0 aliphatic rings. The molecular weight excluding hydrogens is 262 g/mol. The van der Waals surface area contributed by atoms with Crippen LogP contribution in [-0.4, -0.2) is 16.7 Å². The molecule has 4 nitrogen and oxygen atoms in total. The van der Waals surface area contributed by atoms with Crippen LogP contribution in [0, 0.1) is 0 Å². The average molecular weight is 281 g/mol. The first-order chi connectivity index (χ1) is 10.1. The summed E-state index contributed by atoms with van der Waals surface area (Å²) in [5.41, 5.74) is 5.58. The van der Waals surface area contributed by atoms with E-state index in [9.17, 15) is 4.79 Å². The van der Waals surface area contributed by atoms with Crippen LogP contribution < -0.4 is 5.43 Å². The van der Waals surface area contributed by atoms with Gasteiger partial charge in [-0.05, 0) is 30.2 Å². The topological polar surface area (TPSA) is 46.4 Å². The Morgan fingerprint density at radius 3 is 2.67 bits per heavy atom. The van der Waals surface area contributed by atoms with Gasteiger partial charge in [-0.3, -0.25) is 4.79 Å². The Morgan fingerprint density at radius 1 is 1.24 bits per heavy atom. The number of hydrogen-bond donors (Lipinski definition) is 1. The van der Waals surface area contributed by atoms with Crippen molar-refractivity contribution in [3.63, 3.8) is 0 Å². The molecule has 0 atom stereocenters. The number of carbonyl (C=O) groups is 1. The summed E-state index contributed by atoms with van der Waals surface area (Å²) in [5, 5.41) is 3.98. The number of benzene rings is 1. The van der Waals surface area contributed by atoms with Gasteiger partial charge in [0.2, 0.25) is 5.91 Å². The van der Waals surface area contributed by atoms with Crippen molar-refractivity contribution in [3.8, 4) is 0 Å². The molecule has 1 aromatic heterocycles. The highest BCUT2D eigenvalue weighted by Crippen LogP contribution is 2.04. The van der Waals surface area contributed by atoms with Crippen LogP contribution in [0.25, 0.3) is 6.08 Å². The number of allylic oxidation sites excluding steroid dienone is 1. The Hall–Kier alpha value is -2.62. The van der Waals surface area contributed by atoms with Gasteiger partial charge in [-0.1, -0.05) is 36.4 Å². The zero-order chi connectivity index (χ0) is 15.1. The van der Waals surface area contributed by atoms with Crippen molar-refractivity contribution in [3.05, 3.63) is 65.5 Å². The van der Waals surface area contributed by atoms with Gasteiger partial charge in [0.15, 0.2) is 0 Å². The van der Waals surface area contributed by atoms with Gasteiger partial charge in [0.05, 0.1) is 12.6 Å². The molecule has 4 heteroatoms. The lowest BCUT2D eigenvalue weighted by molar-refractivity contribution is -0.120. The van der Waals surface area contributed by atoms with Crippen LogP contribution in [0.1, 0.15) is 18.2 Å². The smallest absolute Gasteiger partial charge is 0.245 e. The van der Waals surface area contributed by atoms with Gasteiger partial charge in [0.25, 0.3) is 0 Å². The molecule has 0 fully saturated rings. The highest BCUT2D eigenvalue weighted by Gasteiger charge is 2.04. The monoisotopic (exact) mass is 281 g/mol. The third-order valence-corrected chi connectivity index (χ3v) is 3.04. The number of rotatable bonds is 5. The first-order valence-corrected chi connectivity index (χ1v) is 6.80. The van der Waals surface area contributed by atoms with Gasteiger partial charge in [-0.15, -0.1) is 0 Å². The maximum atomic E-state index is 11.7. The molecule has 0 saturated carbocycles. The Labute approximate surface area is 124 Å². The van der Waals surface area contributed by atoms with E-state index in [1.54, 1.807) is 6.21 Å². The van der Waals surface area contributed by atoms with Crippen molar-refractivity contribution in [2.75, 3.05) is 0 Å². The highest BCUT2D eigenvalue weighted by atomic mass is 16.2. The molecule has 0 saturated heterocycles. The van der Waals surface area contributed by atoms with E-state index in [1.165, 1.54) is 0 Å². The summed E-state index contributed by atoms with van der Waals surface area (Å²) in [7, 11) is 1.92. The zero-order valence-electron chi connectivity index (χ0n) is 12.3. The standard InChI is InChI=1S/C17H19N3O/c1-14(11-15-7-4-3-5-8-15)13-18-19-17(21)12-16-9-6-10-20(16)2/h3-11,13H,12H2,1-2H3,(H,19,21). The SMILES string of the molecule is CC(C=NNC(=O)Cc1cccn1C)=Cc1ccccc1. The van der Waals surface area contributed by atoms with Gasteiger partial charge < -0.3 is 4.57 Å². The van der Waals surface area contributed by atoms with Crippen molar-refractivity contribution in [1.29, 1.82) is 0 Å². The molecule has 1 aromatic carbocycles. The lowest BCUT2D eigenvalue weighted by atomic mass is 10.1. The number of amides is 1. The molecule has 0 bridgehead atoms. The molecule has 1 amide bonds. The van der Waals surface area contributed by atoms with Crippen molar-refractivity contribution in [2.24, 2.45) is 12.1 Å².